The Morgan fingerprint density at radius 1 is 1.50 bits per heavy atom. The molecule has 2 aromatic rings. The molecule has 6 heteroatoms. The van der Waals surface area contributed by atoms with Crippen molar-refractivity contribution in [3.63, 3.8) is 0 Å². The number of benzene rings is 1. The highest BCUT2D eigenvalue weighted by molar-refractivity contribution is 8.01. The van der Waals surface area contributed by atoms with Gasteiger partial charge in [0, 0.05) is 22.2 Å². The highest BCUT2D eigenvalue weighted by Gasteiger charge is 2.09. The van der Waals surface area contributed by atoms with Gasteiger partial charge in [-0.15, -0.1) is 11.3 Å². The summed E-state index contributed by atoms with van der Waals surface area (Å²) in [5, 5.41) is 10.7. The van der Waals surface area contributed by atoms with Crippen LogP contribution in [0.4, 0.5) is 5.69 Å². The van der Waals surface area contributed by atoms with Crippen molar-refractivity contribution in [1.29, 1.82) is 0 Å². The zero-order valence-corrected chi connectivity index (χ0v) is 9.72. The smallest absolute Gasteiger partial charge is 0.337 e. The van der Waals surface area contributed by atoms with Gasteiger partial charge in [-0.05, 0) is 18.2 Å². The number of nitrogen functional groups attached to an aromatic ring is 1. The lowest BCUT2D eigenvalue weighted by atomic mass is 10.2. The van der Waals surface area contributed by atoms with Crippen LogP contribution < -0.4 is 5.73 Å². The van der Waals surface area contributed by atoms with Gasteiger partial charge in [0.05, 0.1) is 5.56 Å². The van der Waals surface area contributed by atoms with Crippen molar-refractivity contribution in [1.82, 2.24) is 4.98 Å². The number of aromatic carboxylic acids is 1. The minimum absolute atomic E-state index is 0.128. The van der Waals surface area contributed by atoms with Crippen LogP contribution in [0.15, 0.2) is 39.0 Å². The molecule has 0 aliphatic rings. The number of nitrogens with two attached hydrogens (primary N) is 1. The number of hydrogen-bond donors (Lipinski definition) is 2. The lowest BCUT2D eigenvalue weighted by Crippen LogP contribution is -2.01. The first-order valence-corrected chi connectivity index (χ1v) is 6.06. The van der Waals surface area contributed by atoms with E-state index in [1.807, 2.05) is 5.38 Å². The Bertz CT molecular complexity index is 512. The zero-order chi connectivity index (χ0) is 11.5. The number of hydrogen-bond acceptors (Lipinski definition) is 5. The number of nitrogens with zero attached hydrogens (tertiary/aromatic N) is 1. The van der Waals surface area contributed by atoms with E-state index < -0.39 is 5.97 Å². The molecule has 0 saturated heterocycles. The molecular formula is C10H8N2O2S2. The van der Waals surface area contributed by atoms with Crippen LogP contribution >= 0.6 is 23.1 Å². The summed E-state index contributed by atoms with van der Waals surface area (Å²) in [5.41, 5.74) is 6.04. The number of carboxylic acids is 1. The van der Waals surface area contributed by atoms with Crippen LogP contribution in [0.1, 0.15) is 10.4 Å². The van der Waals surface area contributed by atoms with Gasteiger partial charge in [-0.3, -0.25) is 0 Å². The Hall–Kier alpha value is -1.53. The summed E-state index contributed by atoms with van der Waals surface area (Å²) in [6.45, 7) is 0. The number of carbonyl (C=O) groups is 1. The van der Waals surface area contributed by atoms with Crippen molar-refractivity contribution in [2.45, 2.75) is 9.24 Å². The second-order valence-corrected chi connectivity index (χ2v) is 5.17. The van der Waals surface area contributed by atoms with Gasteiger partial charge in [-0.1, -0.05) is 11.8 Å². The van der Waals surface area contributed by atoms with Gasteiger partial charge in [-0.25, -0.2) is 9.78 Å². The topological polar surface area (TPSA) is 76.2 Å². The summed E-state index contributed by atoms with van der Waals surface area (Å²) >= 11 is 2.99. The van der Waals surface area contributed by atoms with Gasteiger partial charge < -0.3 is 10.8 Å². The third kappa shape index (κ3) is 2.34. The molecule has 16 heavy (non-hydrogen) atoms. The van der Waals surface area contributed by atoms with Crippen molar-refractivity contribution < 1.29 is 9.90 Å². The van der Waals surface area contributed by atoms with Crippen LogP contribution in [0.25, 0.3) is 0 Å². The Morgan fingerprint density at radius 2 is 2.31 bits per heavy atom. The monoisotopic (exact) mass is 252 g/mol. The summed E-state index contributed by atoms with van der Waals surface area (Å²) < 4.78 is 0.905. The molecule has 0 amide bonds. The Kier molecular flexibility index (Phi) is 3.12. The molecule has 0 aliphatic carbocycles. The maximum atomic E-state index is 10.8. The molecule has 2 rings (SSSR count). The first-order chi connectivity index (χ1) is 7.66. The molecule has 3 N–H and O–H groups in total. The fourth-order valence-corrected chi connectivity index (χ4v) is 2.81. The number of rotatable bonds is 3. The Labute approximate surface area is 100 Å². The van der Waals surface area contributed by atoms with Crippen molar-refractivity contribution >= 4 is 34.8 Å². The molecule has 0 radical (unpaired) electrons. The normalized spacial score (nSPS) is 10.2. The quantitative estimate of drug-likeness (QED) is 0.821. The number of thiazole rings is 1. The fraction of sp³-hybridized carbons (Fsp3) is 0. The first kappa shape index (κ1) is 11.0. The molecule has 0 unspecified atom stereocenters. The molecular weight excluding hydrogens is 244 g/mol. The summed E-state index contributed by atoms with van der Waals surface area (Å²) in [5.74, 6) is -1.01. The van der Waals surface area contributed by atoms with Crippen molar-refractivity contribution in [3.05, 3.63) is 35.3 Å². The fourth-order valence-electron chi connectivity index (χ4n) is 1.16. The van der Waals surface area contributed by atoms with Gasteiger partial charge in [0.1, 0.15) is 0 Å². The second kappa shape index (κ2) is 4.54. The lowest BCUT2D eigenvalue weighted by molar-refractivity contribution is 0.0698. The first-order valence-electron chi connectivity index (χ1n) is 4.37. The van der Waals surface area contributed by atoms with Crippen molar-refractivity contribution in [3.8, 4) is 0 Å². The zero-order valence-electron chi connectivity index (χ0n) is 8.08. The summed E-state index contributed by atoms with van der Waals surface area (Å²) in [7, 11) is 0. The van der Waals surface area contributed by atoms with Gasteiger partial charge in [0.2, 0.25) is 0 Å². The highest BCUT2D eigenvalue weighted by atomic mass is 32.2. The van der Waals surface area contributed by atoms with Crippen molar-refractivity contribution in [2.24, 2.45) is 0 Å². The van der Waals surface area contributed by atoms with E-state index in [-0.39, 0.29) is 11.3 Å². The van der Waals surface area contributed by atoms with E-state index in [1.54, 1.807) is 18.3 Å². The third-order valence-electron chi connectivity index (χ3n) is 1.87. The van der Waals surface area contributed by atoms with E-state index in [9.17, 15) is 4.79 Å². The Morgan fingerprint density at radius 3 is 2.88 bits per heavy atom. The molecule has 4 nitrogen and oxygen atoms in total. The van der Waals surface area contributed by atoms with Gasteiger partial charge in [0.25, 0.3) is 0 Å². The largest absolute Gasteiger partial charge is 0.478 e. The summed E-state index contributed by atoms with van der Waals surface area (Å²) in [6.07, 6.45) is 1.72. The molecule has 0 saturated carbocycles. The molecule has 1 aromatic heterocycles. The molecule has 0 bridgehead atoms. The summed E-state index contributed by atoms with van der Waals surface area (Å²) in [6, 6.07) is 4.88. The number of aromatic nitrogens is 1. The predicted octanol–water partition coefficient (Wildman–Crippen LogP) is 2.57. The van der Waals surface area contributed by atoms with Crippen LogP contribution in [0, 0.1) is 0 Å². The van der Waals surface area contributed by atoms with Crippen LogP contribution in [0.2, 0.25) is 0 Å². The van der Waals surface area contributed by atoms with E-state index >= 15 is 0 Å². The molecule has 0 aliphatic heterocycles. The Balaban J connectivity index is 2.24. The third-order valence-corrected chi connectivity index (χ3v) is 3.74. The van der Waals surface area contributed by atoms with Crippen LogP contribution in [-0.2, 0) is 0 Å². The molecule has 0 fully saturated rings. The lowest BCUT2D eigenvalue weighted by Gasteiger charge is -2.03. The number of carboxylic acid groups (broad SMARTS) is 1. The van der Waals surface area contributed by atoms with E-state index in [2.05, 4.69) is 4.98 Å². The average Bonchev–Trinajstić information content (AvgIpc) is 2.70. The predicted molar refractivity (Wildman–Crippen MR) is 64.1 cm³/mol. The standard InChI is InChI=1S/C10H8N2O2S2/c11-8-5-6(1-2-7(8)9(13)14)16-10-12-3-4-15-10/h1-5H,11H2,(H,13,14). The maximum absolute atomic E-state index is 10.8. The average molecular weight is 252 g/mol. The van der Waals surface area contributed by atoms with Crippen molar-refractivity contribution in [2.75, 3.05) is 5.73 Å². The van der Waals surface area contributed by atoms with Crippen LogP contribution in [0.3, 0.4) is 0 Å². The minimum atomic E-state index is -1.01. The van der Waals surface area contributed by atoms with E-state index in [0.29, 0.717) is 0 Å². The van der Waals surface area contributed by atoms with E-state index in [0.717, 1.165) is 9.24 Å². The van der Waals surface area contributed by atoms with Gasteiger partial charge >= 0.3 is 5.97 Å². The van der Waals surface area contributed by atoms with Crippen LogP contribution in [-0.4, -0.2) is 16.1 Å². The van der Waals surface area contributed by atoms with E-state index in [1.165, 1.54) is 29.2 Å². The SMILES string of the molecule is Nc1cc(Sc2nccs2)ccc1C(=O)O. The van der Waals surface area contributed by atoms with E-state index in [4.69, 9.17) is 10.8 Å². The van der Waals surface area contributed by atoms with Gasteiger partial charge in [0.15, 0.2) is 4.34 Å². The number of anilines is 1. The van der Waals surface area contributed by atoms with Gasteiger partial charge in [-0.2, -0.15) is 0 Å². The second-order valence-electron chi connectivity index (χ2n) is 2.95. The molecule has 82 valence electrons. The van der Waals surface area contributed by atoms with Crippen LogP contribution in [0.5, 0.6) is 0 Å². The minimum Gasteiger partial charge on any atom is -0.478 e. The molecule has 1 aromatic carbocycles. The maximum Gasteiger partial charge on any atom is 0.337 e. The highest BCUT2D eigenvalue weighted by Crippen LogP contribution is 2.31. The molecule has 0 spiro atoms. The molecule has 0 atom stereocenters. The summed E-state index contributed by atoms with van der Waals surface area (Å²) in [4.78, 5) is 15.8. The molecule has 1 heterocycles.